The number of amides is 1. The minimum Gasteiger partial charge on any atom is -0.320 e. The van der Waals surface area contributed by atoms with Crippen LogP contribution in [-0.4, -0.2) is 16.6 Å². The molecule has 1 amide bonds. The Morgan fingerprint density at radius 2 is 1.86 bits per heavy atom. The summed E-state index contributed by atoms with van der Waals surface area (Å²) in [5, 5.41) is 13.4. The summed E-state index contributed by atoms with van der Waals surface area (Å²) in [6.45, 7) is 2.00. The van der Waals surface area contributed by atoms with Crippen LogP contribution in [0, 0.1) is 17.0 Å². The molecule has 0 bridgehead atoms. The maximum Gasteiger partial charge on any atom is 0.292 e. The van der Waals surface area contributed by atoms with Crippen molar-refractivity contribution in [2.75, 3.05) is 11.1 Å². The van der Waals surface area contributed by atoms with Crippen LogP contribution in [0.5, 0.6) is 0 Å². The second-order valence-electron chi connectivity index (χ2n) is 4.42. The molecule has 2 aromatic rings. The number of aryl methyl sites for hydroxylation is 1. The van der Waals surface area contributed by atoms with Gasteiger partial charge < -0.3 is 5.32 Å². The summed E-state index contributed by atoms with van der Waals surface area (Å²) in [7, 11) is 0. The molecule has 6 heteroatoms. The number of nitro groups is 1. The van der Waals surface area contributed by atoms with Gasteiger partial charge in [-0.1, -0.05) is 29.8 Å². The molecule has 0 atom stereocenters. The number of carbonyl (C=O) groups excluding carboxylic acids is 1. The highest BCUT2D eigenvalue weighted by molar-refractivity contribution is 8.00. The molecule has 0 fully saturated rings. The Bertz CT molecular complexity index is 656. The molecule has 0 aliphatic carbocycles. The molecule has 1 N–H and O–H groups in total. The third kappa shape index (κ3) is 4.32. The molecule has 0 aromatic heterocycles. The fourth-order valence-electron chi connectivity index (χ4n) is 1.71. The van der Waals surface area contributed by atoms with Crippen molar-refractivity contribution in [3.8, 4) is 0 Å². The molecule has 108 valence electrons. The van der Waals surface area contributed by atoms with Crippen LogP contribution in [0.1, 0.15) is 5.56 Å². The monoisotopic (exact) mass is 302 g/mol. The number of nitro benzene ring substituents is 1. The van der Waals surface area contributed by atoms with Gasteiger partial charge in [0.2, 0.25) is 5.91 Å². The largest absolute Gasteiger partial charge is 0.320 e. The Kier molecular flexibility index (Phi) is 4.94. The fourth-order valence-corrected chi connectivity index (χ4v) is 2.41. The van der Waals surface area contributed by atoms with E-state index >= 15 is 0 Å². The van der Waals surface area contributed by atoms with Crippen LogP contribution < -0.4 is 5.32 Å². The highest BCUT2D eigenvalue weighted by Gasteiger charge is 2.14. The number of carbonyl (C=O) groups is 1. The standard InChI is InChI=1S/C15H14N2O3S/c1-11-6-8-12(9-7-11)21-10-15(18)16-13-4-2-3-5-14(13)17(19)20/h2-9H,10H2,1H3,(H,16,18). The number of para-hydroxylation sites is 2. The third-order valence-corrected chi connectivity index (χ3v) is 3.78. The molecule has 0 saturated carbocycles. The lowest BCUT2D eigenvalue weighted by atomic mass is 10.2. The van der Waals surface area contributed by atoms with E-state index in [0.717, 1.165) is 10.5 Å². The maximum absolute atomic E-state index is 11.9. The second kappa shape index (κ2) is 6.90. The van der Waals surface area contributed by atoms with Gasteiger partial charge in [0, 0.05) is 11.0 Å². The van der Waals surface area contributed by atoms with E-state index < -0.39 is 4.92 Å². The van der Waals surface area contributed by atoms with E-state index in [4.69, 9.17) is 0 Å². The smallest absolute Gasteiger partial charge is 0.292 e. The lowest BCUT2D eigenvalue weighted by molar-refractivity contribution is -0.383. The molecule has 2 rings (SSSR count). The lowest BCUT2D eigenvalue weighted by Crippen LogP contribution is -2.15. The average Bonchev–Trinajstić information content (AvgIpc) is 2.47. The first-order valence-electron chi connectivity index (χ1n) is 6.29. The van der Waals surface area contributed by atoms with Gasteiger partial charge in [0.15, 0.2) is 0 Å². The van der Waals surface area contributed by atoms with Crippen molar-refractivity contribution in [1.82, 2.24) is 0 Å². The van der Waals surface area contributed by atoms with E-state index in [2.05, 4.69) is 5.32 Å². The third-order valence-electron chi connectivity index (χ3n) is 2.77. The summed E-state index contributed by atoms with van der Waals surface area (Å²) < 4.78 is 0. The molecule has 0 unspecified atom stereocenters. The molecule has 0 radical (unpaired) electrons. The van der Waals surface area contributed by atoms with E-state index in [1.165, 1.54) is 23.9 Å². The number of hydrogen-bond donors (Lipinski definition) is 1. The Morgan fingerprint density at radius 3 is 2.52 bits per heavy atom. The van der Waals surface area contributed by atoms with Crippen molar-refractivity contribution in [1.29, 1.82) is 0 Å². The Labute approximate surface area is 126 Å². The van der Waals surface area contributed by atoms with Gasteiger partial charge >= 0.3 is 0 Å². The molecule has 0 saturated heterocycles. The first-order valence-corrected chi connectivity index (χ1v) is 7.27. The quantitative estimate of drug-likeness (QED) is 0.520. The van der Waals surface area contributed by atoms with Gasteiger partial charge in [0.25, 0.3) is 5.69 Å². The zero-order valence-electron chi connectivity index (χ0n) is 11.4. The highest BCUT2D eigenvalue weighted by Crippen LogP contribution is 2.24. The minimum atomic E-state index is -0.511. The van der Waals surface area contributed by atoms with Crippen LogP contribution in [0.25, 0.3) is 0 Å². The van der Waals surface area contributed by atoms with E-state index in [9.17, 15) is 14.9 Å². The molecule has 2 aromatic carbocycles. The van der Waals surface area contributed by atoms with Crippen molar-refractivity contribution in [3.05, 3.63) is 64.2 Å². The van der Waals surface area contributed by atoms with Gasteiger partial charge in [-0.2, -0.15) is 0 Å². The predicted octanol–water partition coefficient (Wildman–Crippen LogP) is 3.63. The van der Waals surface area contributed by atoms with Gasteiger partial charge in [-0.15, -0.1) is 11.8 Å². The number of thioether (sulfide) groups is 1. The zero-order chi connectivity index (χ0) is 15.2. The number of hydrogen-bond acceptors (Lipinski definition) is 4. The number of benzene rings is 2. The lowest BCUT2D eigenvalue weighted by Gasteiger charge is -2.06. The number of anilines is 1. The normalized spacial score (nSPS) is 10.1. The van der Waals surface area contributed by atoms with E-state index in [0.29, 0.717) is 0 Å². The molecule has 0 aliphatic rings. The van der Waals surface area contributed by atoms with Crippen molar-refractivity contribution < 1.29 is 9.72 Å². The maximum atomic E-state index is 11.9. The fraction of sp³-hybridized carbons (Fsp3) is 0.133. The Morgan fingerprint density at radius 1 is 1.19 bits per heavy atom. The Balaban J connectivity index is 1.96. The molecular formula is C15H14N2O3S. The number of nitrogens with one attached hydrogen (secondary N) is 1. The topological polar surface area (TPSA) is 72.2 Å². The summed E-state index contributed by atoms with van der Waals surface area (Å²) in [6, 6.07) is 13.9. The predicted molar refractivity (Wildman–Crippen MR) is 83.6 cm³/mol. The first-order chi connectivity index (χ1) is 10.1. The average molecular weight is 302 g/mol. The molecule has 0 heterocycles. The molecular weight excluding hydrogens is 288 g/mol. The summed E-state index contributed by atoms with van der Waals surface area (Å²) >= 11 is 1.39. The van der Waals surface area contributed by atoms with Crippen LogP contribution >= 0.6 is 11.8 Å². The van der Waals surface area contributed by atoms with E-state index in [-0.39, 0.29) is 23.0 Å². The van der Waals surface area contributed by atoms with Crippen molar-refractivity contribution in [3.63, 3.8) is 0 Å². The molecule has 5 nitrogen and oxygen atoms in total. The zero-order valence-corrected chi connectivity index (χ0v) is 12.2. The Hall–Kier alpha value is -2.34. The number of nitrogens with zero attached hydrogens (tertiary/aromatic N) is 1. The highest BCUT2D eigenvalue weighted by atomic mass is 32.2. The first kappa shape index (κ1) is 15.1. The van der Waals surface area contributed by atoms with Crippen molar-refractivity contribution >= 4 is 29.0 Å². The van der Waals surface area contributed by atoms with Crippen LogP contribution in [0.3, 0.4) is 0 Å². The van der Waals surface area contributed by atoms with Gasteiger partial charge in [-0.05, 0) is 25.1 Å². The molecule has 0 spiro atoms. The number of rotatable bonds is 5. The van der Waals surface area contributed by atoms with Gasteiger partial charge in [-0.25, -0.2) is 0 Å². The van der Waals surface area contributed by atoms with Gasteiger partial charge in [-0.3, -0.25) is 14.9 Å². The summed E-state index contributed by atoms with van der Waals surface area (Å²) in [5.41, 5.74) is 1.27. The SMILES string of the molecule is Cc1ccc(SCC(=O)Nc2ccccc2[N+](=O)[O-])cc1. The van der Waals surface area contributed by atoms with Crippen LogP contribution in [-0.2, 0) is 4.79 Å². The van der Waals surface area contributed by atoms with E-state index in [1.807, 2.05) is 31.2 Å². The minimum absolute atomic E-state index is 0.105. The molecule has 21 heavy (non-hydrogen) atoms. The van der Waals surface area contributed by atoms with Crippen LogP contribution in [0.2, 0.25) is 0 Å². The second-order valence-corrected chi connectivity index (χ2v) is 5.47. The van der Waals surface area contributed by atoms with Gasteiger partial charge in [0.1, 0.15) is 5.69 Å². The van der Waals surface area contributed by atoms with Crippen LogP contribution in [0.4, 0.5) is 11.4 Å². The van der Waals surface area contributed by atoms with E-state index in [1.54, 1.807) is 12.1 Å². The van der Waals surface area contributed by atoms with Crippen molar-refractivity contribution in [2.45, 2.75) is 11.8 Å². The van der Waals surface area contributed by atoms with Crippen LogP contribution in [0.15, 0.2) is 53.4 Å². The summed E-state index contributed by atoms with van der Waals surface area (Å²) in [5.74, 6) is -0.0652. The van der Waals surface area contributed by atoms with Gasteiger partial charge in [0.05, 0.1) is 10.7 Å². The molecule has 0 aliphatic heterocycles. The summed E-state index contributed by atoms with van der Waals surface area (Å²) in [4.78, 5) is 23.2. The summed E-state index contributed by atoms with van der Waals surface area (Å²) in [6.07, 6.45) is 0. The van der Waals surface area contributed by atoms with Crippen molar-refractivity contribution in [2.24, 2.45) is 0 Å².